The molecule has 26 heavy (non-hydrogen) atoms. The summed E-state index contributed by atoms with van der Waals surface area (Å²) >= 11 is 0. The monoisotopic (exact) mass is 366 g/mol. The molecule has 0 radical (unpaired) electrons. The molecule has 3 amide bonds. The zero-order chi connectivity index (χ0) is 19.4. The third kappa shape index (κ3) is 8.78. The molecule has 9 nitrogen and oxygen atoms in total. The second-order valence-corrected chi connectivity index (χ2v) is 5.14. The van der Waals surface area contributed by atoms with Gasteiger partial charge in [0, 0.05) is 19.2 Å². The van der Waals surface area contributed by atoms with Crippen LogP contribution in [0.25, 0.3) is 0 Å². The van der Waals surface area contributed by atoms with E-state index >= 15 is 0 Å². The number of esters is 1. The molecule has 0 aromatic heterocycles. The van der Waals surface area contributed by atoms with E-state index in [1.807, 2.05) is 5.32 Å². The third-order valence-corrected chi connectivity index (χ3v) is 3.04. The Balaban J connectivity index is 2.18. The average molecular weight is 366 g/mol. The number of hydrogen-bond acceptors (Lipinski definition) is 7. The van der Waals surface area contributed by atoms with Gasteiger partial charge in [-0.1, -0.05) is 0 Å². The lowest BCUT2D eigenvalue weighted by atomic mass is 10.1. The molecule has 0 fully saturated rings. The van der Waals surface area contributed by atoms with E-state index in [0.29, 0.717) is 17.9 Å². The summed E-state index contributed by atoms with van der Waals surface area (Å²) in [6, 6.07) is 5.80. The summed E-state index contributed by atoms with van der Waals surface area (Å²) in [6.45, 7) is 1.51. The van der Waals surface area contributed by atoms with Gasteiger partial charge in [-0.25, -0.2) is 4.79 Å². The van der Waals surface area contributed by atoms with Crippen molar-refractivity contribution in [3.8, 4) is 5.75 Å². The fraction of sp³-hybridized carbons (Fsp3) is 0.412. The van der Waals surface area contributed by atoms with Crippen molar-refractivity contribution in [3.05, 3.63) is 29.8 Å². The van der Waals surface area contributed by atoms with Crippen LogP contribution in [0.3, 0.4) is 0 Å². The molecule has 9 heteroatoms. The first-order chi connectivity index (χ1) is 12.4. The number of imide groups is 1. The zero-order valence-electron chi connectivity index (χ0n) is 14.7. The van der Waals surface area contributed by atoms with Crippen molar-refractivity contribution in [2.45, 2.75) is 13.3 Å². The quantitative estimate of drug-likeness (QED) is 0.355. The highest BCUT2D eigenvalue weighted by Gasteiger charge is 2.11. The third-order valence-electron chi connectivity index (χ3n) is 3.04. The standard InChI is InChI=1S/C17H22N2O7/c1-12(20)13-3-5-14(6-4-13)25-9-7-16(22)26-11-15(21)19-17(23)18-8-10-24-2/h3-6H,7-11H2,1-2H3,(H2,18,19,21,23). The molecular formula is C17H22N2O7. The Morgan fingerprint density at radius 1 is 1.04 bits per heavy atom. The number of carbonyl (C=O) groups is 4. The van der Waals surface area contributed by atoms with Crippen molar-refractivity contribution in [3.63, 3.8) is 0 Å². The largest absolute Gasteiger partial charge is 0.493 e. The van der Waals surface area contributed by atoms with Crippen LogP contribution in [-0.4, -0.2) is 57.2 Å². The Morgan fingerprint density at radius 2 is 1.73 bits per heavy atom. The molecule has 0 bridgehead atoms. The minimum Gasteiger partial charge on any atom is -0.493 e. The van der Waals surface area contributed by atoms with E-state index in [9.17, 15) is 19.2 Å². The van der Waals surface area contributed by atoms with Gasteiger partial charge in [-0.3, -0.25) is 19.7 Å². The number of carbonyl (C=O) groups excluding carboxylic acids is 4. The molecule has 0 aliphatic heterocycles. The van der Waals surface area contributed by atoms with Crippen molar-refractivity contribution < 1.29 is 33.4 Å². The van der Waals surface area contributed by atoms with Gasteiger partial charge < -0.3 is 19.5 Å². The summed E-state index contributed by atoms with van der Waals surface area (Å²) < 4.78 is 14.8. The molecule has 2 N–H and O–H groups in total. The van der Waals surface area contributed by atoms with Gasteiger partial charge >= 0.3 is 12.0 Å². The Bertz CT molecular complexity index is 629. The Labute approximate surface area is 151 Å². The molecule has 0 saturated heterocycles. The number of amides is 3. The molecule has 0 aliphatic rings. The van der Waals surface area contributed by atoms with Crippen LogP contribution in [0.5, 0.6) is 5.75 Å². The first-order valence-electron chi connectivity index (χ1n) is 7.88. The summed E-state index contributed by atoms with van der Waals surface area (Å²) in [4.78, 5) is 45.4. The maximum Gasteiger partial charge on any atom is 0.321 e. The summed E-state index contributed by atoms with van der Waals surface area (Å²) in [5, 5.41) is 4.40. The van der Waals surface area contributed by atoms with E-state index in [4.69, 9.17) is 14.2 Å². The maximum atomic E-state index is 11.5. The number of methoxy groups -OCH3 is 1. The lowest BCUT2D eigenvalue weighted by Crippen LogP contribution is -2.42. The van der Waals surface area contributed by atoms with Gasteiger partial charge in [0.2, 0.25) is 0 Å². The van der Waals surface area contributed by atoms with Crippen molar-refractivity contribution >= 4 is 23.7 Å². The van der Waals surface area contributed by atoms with E-state index < -0.39 is 24.5 Å². The summed E-state index contributed by atoms with van der Waals surface area (Å²) in [7, 11) is 1.48. The van der Waals surface area contributed by atoms with E-state index in [-0.39, 0.29) is 25.4 Å². The number of ketones is 1. The highest BCUT2D eigenvalue weighted by atomic mass is 16.5. The molecule has 142 valence electrons. The summed E-state index contributed by atoms with van der Waals surface area (Å²) in [5.74, 6) is -0.923. The summed E-state index contributed by atoms with van der Waals surface area (Å²) in [6.07, 6.45) is -0.0677. The molecule has 0 aliphatic carbocycles. The Hall–Kier alpha value is -2.94. The fourth-order valence-corrected chi connectivity index (χ4v) is 1.73. The second-order valence-electron chi connectivity index (χ2n) is 5.14. The predicted octanol–water partition coefficient (Wildman–Crippen LogP) is 0.673. The Kier molecular flexibility index (Phi) is 9.40. The summed E-state index contributed by atoms with van der Waals surface area (Å²) in [5.41, 5.74) is 0.564. The predicted molar refractivity (Wildman–Crippen MR) is 90.9 cm³/mol. The SMILES string of the molecule is COCCNC(=O)NC(=O)COC(=O)CCOc1ccc(C(C)=O)cc1. The highest BCUT2D eigenvalue weighted by Crippen LogP contribution is 2.12. The molecule has 0 unspecified atom stereocenters. The molecule has 0 saturated carbocycles. The van der Waals surface area contributed by atoms with Crippen LogP contribution in [0.2, 0.25) is 0 Å². The molecule has 1 rings (SSSR count). The Morgan fingerprint density at radius 3 is 2.35 bits per heavy atom. The van der Waals surface area contributed by atoms with Crippen LogP contribution in [0.1, 0.15) is 23.7 Å². The van der Waals surface area contributed by atoms with Gasteiger partial charge in [-0.15, -0.1) is 0 Å². The lowest BCUT2D eigenvalue weighted by molar-refractivity contribution is -0.148. The molecule has 0 heterocycles. The number of hydrogen-bond donors (Lipinski definition) is 2. The van der Waals surface area contributed by atoms with Gasteiger partial charge in [0.05, 0.1) is 19.6 Å². The van der Waals surface area contributed by atoms with Gasteiger partial charge in [0.25, 0.3) is 5.91 Å². The van der Waals surface area contributed by atoms with Crippen molar-refractivity contribution in [1.29, 1.82) is 0 Å². The van der Waals surface area contributed by atoms with Gasteiger partial charge in [-0.2, -0.15) is 0 Å². The van der Waals surface area contributed by atoms with Crippen molar-refractivity contribution in [1.82, 2.24) is 10.6 Å². The number of urea groups is 1. The van der Waals surface area contributed by atoms with Crippen LogP contribution < -0.4 is 15.4 Å². The van der Waals surface area contributed by atoms with Gasteiger partial charge in [-0.05, 0) is 31.2 Å². The second kappa shape index (κ2) is 11.6. The fourth-order valence-electron chi connectivity index (χ4n) is 1.73. The normalized spacial score (nSPS) is 9.92. The smallest absolute Gasteiger partial charge is 0.321 e. The highest BCUT2D eigenvalue weighted by molar-refractivity contribution is 5.95. The molecule has 0 atom stereocenters. The number of rotatable bonds is 10. The van der Waals surface area contributed by atoms with E-state index in [0.717, 1.165) is 0 Å². The minimum atomic E-state index is -0.742. The number of benzene rings is 1. The van der Waals surface area contributed by atoms with Crippen LogP contribution in [0.4, 0.5) is 4.79 Å². The van der Waals surface area contributed by atoms with Crippen LogP contribution in [0.15, 0.2) is 24.3 Å². The number of nitrogens with one attached hydrogen (secondary N) is 2. The van der Waals surface area contributed by atoms with Crippen molar-refractivity contribution in [2.24, 2.45) is 0 Å². The van der Waals surface area contributed by atoms with Gasteiger partial charge in [0.15, 0.2) is 12.4 Å². The maximum absolute atomic E-state index is 11.5. The first-order valence-corrected chi connectivity index (χ1v) is 7.88. The lowest BCUT2D eigenvalue weighted by Gasteiger charge is -2.08. The van der Waals surface area contributed by atoms with Crippen LogP contribution in [0, 0.1) is 0 Å². The van der Waals surface area contributed by atoms with E-state index in [1.54, 1.807) is 24.3 Å². The minimum absolute atomic E-state index is 0.0502. The van der Waals surface area contributed by atoms with Crippen LogP contribution >= 0.6 is 0 Å². The molecule has 1 aromatic rings. The molecular weight excluding hydrogens is 344 g/mol. The van der Waals surface area contributed by atoms with E-state index in [2.05, 4.69) is 5.32 Å². The van der Waals surface area contributed by atoms with Gasteiger partial charge in [0.1, 0.15) is 5.75 Å². The first kappa shape index (κ1) is 21.1. The average Bonchev–Trinajstić information content (AvgIpc) is 2.60. The zero-order valence-corrected chi connectivity index (χ0v) is 14.7. The number of Topliss-reactive ketones (excluding diaryl/α,β-unsaturated/α-hetero) is 1. The van der Waals surface area contributed by atoms with E-state index in [1.165, 1.54) is 14.0 Å². The van der Waals surface area contributed by atoms with Crippen molar-refractivity contribution in [2.75, 3.05) is 33.5 Å². The topological polar surface area (TPSA) is 120 Å². The molecule has 0 spiro atoms. The van der Waals surface area contributed by atoms with Crippen LogP contribution in [-0.2, 0) is 19.1 Å². The molecule has 1 aromatic carbocycles. The number of ether oxygens (including phenoxy) is 3.